The Morgan fingerprint density at radius 1 is 1.47 bits per heavy atom. The van der Waals surface area contributed by atoms with E-state index in [0.29, 0.717) is 11.1 Å². The van der Waals surface area contributed by atoms with Crippen LogP contribution >= 0.6 is 15.9 Å². The van der Waals surface area contributed by atoms with Crippen LogP contribution in [-0.4, -0.2) is 29.7 Å². The molecule has 1 aliphatic heterocycles. The number of halogens is 1. The van der Waals surface area contributed by atoms with Gasteiger partial charge >= 0.3 is 5.97 Å². The normalized spacial score (nSPS) is 18.3. The van der Waals surface area contributed by atoms with Gasteiger partial charge in [-0.2, -0.15) is 0 Å². The van der Waals surface area contributed by atoms with Gasteiger partial charge in [-0.1, -0.05) is 6.07 Å². The fourth-order valence-corrected chi connectivity index (χ4v) is 2.50. The molecule has 0 aliphatic carbocycles. The number of aromatic carboxylic acids is 1. The lowest BCUT2D eigenvalue weighted by Crippen LogP contribution is -2.20. The zero-order valence-corrected chi connectivity index (χ0v) is 11.8. The summed E-state index contributed by atoms with van der Waals surface area (Å²) in [6.07, 6.45) is 2.03. The highest BCUT2D eigenvalue weighted by atomic mass is 79.9. The minimum absolute atomic E-state index is 0.0595. The van der Waals surface area contributed by atoms with Crippen LogP contribution in [0.5, 0.6) is 0 Å². The van der Waals surface area contributed by atoms with Crippen molar-refractivity contribution in [2.45, 2.75) is 25.4 Å². The van der Waals surface area contributed by atoms with Crippen LogP contribution in [0.15, 0.2) is 22.7 Å². The SMILES string of the molecule is O=C(CC1CCCO1)Nc1c(Br)cccc1C(=O)O. The second kappa shape index (κ2) is 6.16. The largest absolute Gasteiger partial charge is 0.478 e. The van der Waals surface area contributed by atoms with E-state index >= 15 is 0 Å². The van der Waals surface area contributed by atoms with Crippen LogP contribution in [0.1, 0.15) is 29.6 Å². The van der Waals surface area contributed by atoms with Gasteiger partial charge in [0.05, 0.1) is 23.8 Å². The van der Waals surface area contributed by atoms with Gasteiger partial charge in [0.15, 0.2) is 0 Å². The summed E-state index contributed by atoms with van der Waals surface area (Å²) in [5, 5.41) is 11.7. The predicted octanol–water partition coefficient (Wildman–Crippen LogP) is 2.65. The number of carboxylic acids is 1. The van der Waals surface area contributed by atoms with E-state index in [4.69, 9.17) is 9.84 Å². The third-order valence-electron chi connectivity index (χ3n) is 2.95. The number of rotatable bonds is 4. The first-order valence-electron chi connectivity index (χ1n) is 6.01. The molecule has 0 saturated carbocycles. The van der Waals surface area contributed by atoms with Crippen LogP contribution < -0.4 is 5.32 Å². The molecule has 19 heavy (non-hydrogen) atoms. The number of carbonyl (C=O) groups excluding carboxylic acids is 1. The number of anilines is 1. The second-order valence-electron chi connectivity index (χ2n) is 4.35. The molecule has 0 radical (unpaired) electrons. The number of nitrogens with one attached hydrogen (secondary N) is 1. The van der Waals surface area contributed by atoms with Gasteiger partial charge in [-0.25, -0.2) is 4.79 Å². The quantitative estimate of drug-likeness (QED) is 0.891. The van der Waals surface area contributed by atoms with Gasteiger partial charge in [-0.15, -0.1) is 0 Å². The predicted molar refractivity (Wildman–Crippen MR) is 73.3 cm³/mol. The third kappa shape index (κ3) is 3.54. The van der Waals surface area contributed by atoms with E-state index in [9.17, 15) is 9.59 Å². The summed E-state index contributed by atoms with van der Waals surface area (Å²) in [4.78, 5) is 23.0. The Hall–Kier alpha value is -1.40. The lowest BCUT2D eigenvalue weighted by Gasteiger charge is -2.12. The zero-order chi connectivity index (χ0) is 13.8. The van der Waals surface area contributed by atoms with Gasteiger partial charge < -0.3 is 15.2 Å². The van der Waals surface area contributed by atoms with Crippen molar-refractivity contribution in [3.63, 3.8) is 0 Å². The number of carboxylic acid groups (broad SMARTS) is 1. The summed E-state index contributed by atoms with van der Waals surface area (Å²) in [6, 6.07) is 4.76. The second-order valence-corrected chi connectivity index (χ2v) is 5.21. The molecule has 1 saturated heterocycles. The van der Waals surface area contributed by atoms with E-state index < -0.39 is 5.97 Å². The molecule has 1 aromatic carbocycles. The number of benzene rings is 1. The molecule has 2 N–H and O–H groups in total. The fourth-order valence-electron chi connectivity index (χ4n) is 2.03. The molecule has 1 unspecified atom stereocenters. The van der Waals surface area contributed by atoms with Crippen LogP contribution in [0.25, 0.3) is 0 Å². The van der Waals surface area contributed by atoms with Crippen LogP contribution in [0.3, 0.4) is 0 Å². The molecule has 0 bridgehead atoms. The molecule has 1 fully saturated rings. The molecule has 1 amide bonds. The number of hydrogen-bond donors (Lipinski definition) is 2. The van der Waals surface area contributed by atoms with Gasteiger partial charge in [-0.05, 0) is 40.9 Å². The van der Waals surface area contributed by atoms with Crippen molar-refractivity contribution in [2.24, 2.45) is 0 Å². The lowest BCUT2D eigenvalue weighted by molar-refractivity contribution is -0.118. The maximum Gasteiger partial charge on any atom is 0.337 e. The van der Waals surface area contributed by atoms with Crippen molar-refractivity contribution in [1.82, 2.24) is 0 Å². The van der Waals surface area contributed by atoms with Gasteiger partial charge in [-0.3, -0.25) is 4.79 Å². The Morgan fingerprint density at radius 2 is 2.26 bits per heavy atom. The first-order valence-corrected chi connectivity index (χ1v) is 6.80. The third-order valence-corrected chi connectivity index (χ3v) is 3.61. The van der Waals surface area contributed by atoms with Crippen LogP contribution in [0, 0.1) is 0 Å². The van der Waals surface area contributed by atoms with Crippen LogP contribution in [0.2, 0.25) is 0 Å². The number of amides is 1. The molecule has 102 valence electrons. The summed E-state index contributed by atoms with van der Waals surface area (Å²) in [6.45, 7) is 0.688. The highest BCUT2D eigenvalue weighted by molar-refractivity contribution is 9.10. The average molecular weight is 328 g/mol. The first-order chi connectivity index (χ1) is 9.08. The van der Waals surface area contributed by atoms with E-state index in [0.717, 1.165) is 12.8 Å². The summed E-state index contributed by atoms with van der Waals surface area (Å²) >= 11 is 3.25. The monoisotopic (exact) mass is 327 g/mol. The summed E-state index contributed by atoms with van der Waals surface area (Å²) in [7, 11) is 0. The van der Waals surface area contributed by atoms with Crippen molar-refractivity contribution in [3.8, 4) is 0 Å². The van der Waals surface area contributed by atoms with Gasteiger partial charge in [0, 0.05) is 11.1 Å². The Labute approximate surface area is 119 Å². The highest BCUT2D eigenvalue weighted by Gasteiger charge is 2.21. The van der Waals surface area contributed by atoms with E-state index in [2.05, 4.69) is 21.2 Å². The number of para-hydroxylation sites is 1. The smallest absolute Gasteiger partial charge is 0.337 e. The topological polar surface area (TPSA) is 75.6 Å². The molecule has 5 nitrogen and oxygen atoms in total. The number of carbonyl (C=O) groups is 2. The molecule has 6 heteroatoms. The van der Waals surface area contributed by atoms with Gasteiger partial charge in [0.1, 0.15) is 0 Å². The fraction of sp³-hybridized carbons (Fsp3) is 0.385. The molecule has 0 spiro atoms. The minimum Gasteiger partial charge on any atom is -0.478 e. The Bertz CT molecular complexity index is 497. The van der Waals surface area contributed by atoms with E-state index in [1.54, 1.807) is 12.1 Å². The maximum atomic E-state index is 11.9. The molecule has 2 rings (SSSR count). The van der Waals surface area contributed by atoms with Crippen molar-refractivity contribution < 1.29 is 19.4 Å². The van der Waals surface area contributed by atoms with Crippen molar-refractivity contribution in [3.05, 3.63) is 28.2 Å². The Morgan fingerprint density at radius 3 is 2.89 bits per heavy atom. The lowest BCUT2D eigenvalue weighted by atomic mass is 10.1. The minimum atomic E-state index is -1.08. The maximum absolute atomic E-state index is 11.9. The van der Waals surface area contributed by atoms with Crippen molar-refractivity contribution in [2.75, 3.05) is 11.9 Å². The van der Waals surface area contributed by atoms with Gasteiger partial charge in [0.2, 0.25) is 5.91 Å². The van der Waals surface area contributed by atoms with E-state index in [1.165, 1.54) is 6.07 Å². The number of hydrogen-bond acceptors (Lipinski definition) is 3. The van der Waals surface area contributed by atoms with E-state index in [-0.39, 0.29) is 29.7 Å². The van der Waals surface area contributed by atoms with Crippen LogP contribution in [-0.2, 0) is 9.53 Å². The molecular weight excluding hydrogens is 314 g/mol. The molecule has 1 heterocycles. The Kier molecular flexibility index (Phi) is 4.55. The van der Waals surface area contributed by atoms with Crippen LogP contribution in [0.4, 0.5) is 5.69 Å². The van der Waals surface area contributed by atoms with E-state index in [1.807, 2.05) is 0 Å². The van der Waals surface area contributed by atoms with Crippen molar-refractivity contribution >= 4 is 33.5 Å². The molecule has 1 aromatic rings. The average Bonchev–Trinajstić information content (AvgIpc) is 2.84. The van der Waals surface area contributed by atoms with Gasteiger partial charge in [0.25, 0.3) is 0 Å². The van der Waals surface area contributed by atoms with Crippen molar-refractivity contribution in [1.29, 1.82) is 0 Å². The number of ether oxygens (including phenoxy) is 1. The first kappa shape index (κ1) is 14.0. The summed E-state index contributed by atoms with van der Waals surface area (Å²) in [5.41, 5.74) is 0.355. The zero-order valence-electron chi connectivity index (χ0n) is 10.2. The summed E-state index contributed by atoms with van der Waals surface area (Å²) < 4.78 is 5.93. The highest BCUT2D eigenvalue weighted by Crippen LogP contribution is 2.27. The molecule has 1 atom stereocenters. The standard InChI is InChI=1S/C13H14BrNO4/c14-10-5-1-4-9(13(17)18)12(10)15-11(16)7-8-3-2-6-19-8/h1,4-5,8H,2-3,6-7H2,(H,15,16)(H,17,18). The molecular formula is C13H14BrNO4. The molecule has 1 aliphatic rings. The summed E-state index contributed by atoms with van der Waals surface area (Å²) in [5.74, 6) is -1.31. The Balaban J connectivity index is 2.09. The molecule has 0 aromatic heterocycles.